The molecule has 2 heteroatoms. The molecule has 186 valence electrons. The van der Waals surface area contributed by atoms with E-state index in [2.05, 4.69) is 27.9 Å². The summed E-state index contributed by atoms with van der Waals surface area (Å²) in [7, 11) is 4.47. The molecule has 0 bridgehead atoms. The highest BCUT2D eigenvalue weighted by atomic mass is 16.1. The van der Waals surface area contributed by atoms with Crippen LogP contribution in [0.2, 0.25) is 0 Å². The predicted octanol–water partition coefficient (Wildman–Crippen LogP) is 9.25. The number of unbranched alkanes of at least 4 members (excludes halogenated alkanes) is 19. The number of nitrogens with zero attached hydrogens (tertiary/aromatic N) is 1. The number of carbonyl (C=O) groups excluding carboxylic acids is 1. The van der Waals surface area contributed by atoms with Gasteiger partial charge in [-0.15, -0.1) is 0 Å². The van der Waals surface area contributed by atoms with Crippen LogP contribution in [0.25, 0.3) is 0 Å². The topological polar surface area (TPSA) is 17.1 Å². The number of quaternary nitrogens is 1. The van der Waals surface area contributed by atoms with Crippen molar-refractivity contribution in [2.75, 3.05) is 27.2 Å². The molecule has 0 amide bonds. The van der Waals surface area contributed by atoms with Crippen LogP contribution in [0.3, 0.4) is 0 Å². The van der Waals surface area contributed by atoms with Crippen LogP contribution >= 0.6 is 0 Å². The highest BCUT2D eigenvalue weighted by Crippen LogP contribution is 2.14. The van der Waals surface area contributed by atoms with Gasteiger partial charge >= 0.3 is 0 Å². The van der Waals surface area contributed by atoms with E-state index in [4.69, 9.17) is 0 Å². The molecule has 0 atom stereocenters. The van der Waals surface area contributed by atoms with E-state index in [0.717, 1.165) is 30.4 Å². The van der Waals surface area contributed by atoms with Crippen LogP contribution in [0.1, 0.15) is 155 Å². The minimum absolute atomic E-state index is 0.477. The molecule has 31 heavy (non-hydrogen) atoms. The van der Waals surface area contributed by atoms with Gasteiger partial charge < -0.3 is 4.48 Å². The summed E-state index contributed by atoms with van der Waals surface area (Å²) >= 11 is 0. The Morgan fingerprint density at radius 2 is 0.806 bits per heavy atom. The van der Waals surface area contributed by atoms with E-state index in [1.807, 2.05) is 0 Å². The predicted molar refractivity (Wildman–Crippen MR) is 140 cm³/mol. The average molecular weight is 439 g/mol. The van der Waals surface area contributed by atoms with Gasteiger partial charge in [0.25, 0.3) is 0 Å². The average Bonchev–Trinajstić information content (AvgIpc) is 2.73. The lowest BCUT2D eigenvalue weighted by atomic mass is 10.0. The molecule has 0 aliphatic carbocycles. The number of likely N-dealkylation sites (N-methyl/N-ethyl adjacent to an activating group) is 1. The Kier molecular flexibility index (Phi) is 22.5. The highest BCUT2D eigenvalue weighted by molar-refractivity contribution is 5.79. The lowest BCUT2D eigenvalue weighted by Gasteiger charge is -2.29. The van der Waals surface area contributed by atoms with Gasteiger partial charge in [-0.3, -0.25) is 4.79 Å². The zero-order valence-electron chi connectivity index (χ0n) is 22.3. The fourth-order valence-corrected chi connectivity index (χ4v) is 4.65. The molecule has 0 heterocycles. The van der Waals surface area contributed by atoms with Gasteiger partial charge in [0.05, 0.1) is 20.6 Å². The first-order valence-electron chi connectivity index (χ1n) is 14.4. The van der Waals surface area contributed by atoms with Crippen molar-refractivity contribution in [3.8, 4) is 0 Å². The van der Waals surface area contributed by atoms with E-state index in [1.165, 1.54) is 128 Å². The van der Waals surface area contributed by atoms with Gasteiger partial charge in [0, 0.05) is 6.42 Å². The van der Waals surface area contributed by atoms with Gasteiger partial charge in [-0.2, -0.15) is 0 Å². The molecule has 2 nitrogen and oxygen atoms in total. The van der Waals surface area contributed by atoms with E-state index in [-0.39, 0.29) is 0 Å². The van der Waals surface area contributed by atoms with Crippen molar-refractivity contribution in [3.05, 3.63) is 0 Å². The molecular formula is C29H60NO+. The van der Waals surface area contributed by atoms with Crippen molar-refractivity contribution in [3.63, 3.8) is 0 Å². The second-order valence-corrected chi connectivity index (χ2v) is 10.8. The van der Waals surface area contributed by atoms with E-state index in [0.29, 0.717) is 5.78 Å². The Labute approximate surface area is 197 Å². The Morgan fingerprint density at radius 3 is 1.19 bits per heavy atom. The SMILES string of the molecule is CCCCCCCCCCCCCCCCCC(=O)C[N+](C)(C)CCCCCCCC. The second-order valence-electron chi connectivity index (χ2n) is 10.8. The number of Topliss-reactive ketones (excluding diaryl/α,β-unsaturated/α-hetero) is 1. The van der Waals surface area contributed by atoms with E-state index in [1.54, 1.807) is 0 Å². The van der Waals surface area contributed by atoms with Crippen molar-refractivity contribution < 1.29 is 9.28 Å². The third kappa shape index (κ3) is 24.1. The van der Waals surface area contributed by atoms with Crippen LogP contribution in [0.15, 0.2) is 0 Å². The van der Waals surface area contributed by atoms with Crippen LogP contribution in [0, 0.1) is 0 Å². The second kappa shape index (κ2) is 22.8. The minimum atomic E-state index is 0.477. The summed E-state index contributed by atoms with van der Waals surface area (Å²) in [5.41, 5.74) is 0. The number of hydrogen-bond donors (Lipinski definition) is 0. The Hall–Kier alpha value is -0.370. The molecule has 0 aromatic rings. The molecule has 0 aromatic carbocycles. The third-order valence-corrected chi connectivity index (χ3v) is 6.78. The van der Waals surface area contributed by atoms with Gasteiger partial charge in [-0.1, -0.05) is 129 Å². The normalized spacial score (nSPS) is 11.9. The smallest absolute Gasteiger partial charge is 0.186 e. The van der Waals surface area contributed by atoms with E-state index >= 15 is 0 Å². The van der Waals surface area contributed by atoms with Crippen LogP contribution in [-0.4, -0.2) is 37.5 Å². The standard InChI is InChI=1S/C29H60NO/c1-5-7-9-11-13-14-15-16-17-18-19-20-21-22-24-26-29(31)28-30(3,4)27-25-23-12-10-8-6-2/h5-28H2,1-4H3/q+1. The maximum absolute atomic E-state index is 12.4. The summed E-state index contributed by atoms with van der Waals surface area (Å²) in [5.74, 6) is 0.477. The fraction of sp³-hybridized carbons (Fsp3) is 0.966. The van der Waals surface area contributed by atoms with Gasteiger partial charge in [-0.25, -0.2) is 0 Å². The fourth-order valence-electron chi connectivity index (χ4n) is 4.65. The quantitative estimate of drug-likeness (QED) is 0.102. The molecule has 0 rings (SSSR count). The van der Waals surface area contributed by atoms with E-state index < -0.39 is 0 Å². The van der Waals surface area contributed by atoms with Crippen LogP contribution in [0.4, 0.5) is 0 Å². The maximum atomic E-state index is 12.4. The molecule has 0 radical (unpaired) electrons. The summed E-state index contributed by atoms with van der Waals surface area (Å²) < 4.78 is 0.880. The Morgan fingerprint density at radius 1 is 0.484 bits per heavy atom. The van der Waals surface area contributed by atoms with Crippen molar-refractivity contribution in [2.45, 2.75) is 155 Å². The molecule has 0 fully saturated rings. The summed E-state index contributed by atoms with van der Waals surface area (Å²) in [6.45, 7) is 6.44. The third-order valence-electron chi connectivity index (χ3n) is 6.78. The Balaban J connectivity index is 3.39. The van der Waals surface area contributed by atoms with Gasteiger partial charge in [-0.05, 0) is 19.3 Å². The number of ketones is 1. The van der Waals surface area contributed by atoms with Crippen molar-refractivity contribution in [1.29, 1.82) is 0 Å². The Bertz CT molecular complexity index is 377. The van der Waals surface area contributed by atoms with Crippen molar-refractivity contribution in [2.24, 2.45) is 0 Å². The lowest BCUT2D eigenvalue weighted by Crippen LogP contribution is -2.44. The molecule has 0 aromatic heterocycles. The van der Waals surface area contributed by atoms with Crippen LogP contribution in [-0.2, 0) is 4.79 Å². The summed E-state index contributed by atoms with van der Waals surface area (Å²) in [4.78, 5) is 12.4. The first-order chi connectivity index (χ1) is 15.0. The first-order valence-corrected chi connectivity index (χ1v) is 14.4. The van der Waals surface area contributed by atoms with Crippen molar-refractivity contribution in [1.82, 2.24) is 0 Å². The molecule has 0 spiro atoms. The highest BCUT2D eigenvalue weighted by Gasteiger charge is 2.19. The van der Waals surface area contributed by atoms with Crippen LogP contribution in [0.5, 0.6) is 0 Å². The zero-order chi connectivity index (χ0) is 23.0. The molecule has 0 N–H and O–H groups in total. The molecule has 0 saturated heterocycles. The largest absolute Gasteiger partial charge is 0.322 e. The molecule has 0 aliphatic heterocycles. The number of hydrogen-bond acceptors (Lipinski definition) is 1. The number of rotatable bonds is 25. The lowest BCUT2D eigenvalue weighted by molar-refractivity contribution is -0.882. The zero-order valence-corrected chi connectivity index (χ0v) is 22.3. The minimum Gasteiger partial charge on any atom is -0.322 e. The van der Waals surface area contributed by atoms with Crippen molar-refractivity contribution >= 4 is 5.78 Å². The first kappa shape index (κ1) is 30.6. The van der Waals surface area contributed by atoms with E-state index in [9.17, 15) is 4.79 Å². The van der Waals surface area contributed by atoms with Gasteiger partial charge in [0.2, 0.25) is 0 Å². The molecular weight excluding hydrogens is 378 g/mol. The maximum Gasteiger partial charge on any atom is 0.186 e. The monoisotopic (exact) mass is 438 g/mol. The van der Waals surface area contributed by atoms with Crippen LogP contribution < -0.4 is 0 Å². The molecule has 0 aliphatic rings. The molecule has 0 saturated carbocycles. The summed E-state index contributed by atoms with van der Waals surface area (Å²) in [6, 6.07) is 0. The van der Waals surface area contributed by atoms with Gasteiger partial charge in [0.15, 0.2) is 5.78 Å². The van der Waals surface area contributed by atoms with Gasteiger partial charge in [0.1, 0.15) is 6.54 Å². The molecule has 0 unspecified atom stereocenters. The summed E-state index contributed by atoms with van der Waals surface area (Å²) in [6.07, 6.45) is 29.6. The summed E-state index contributed by atoms with van der Waals surface area (Å²) in [5, 5.41) is 0. The number of carbonyl (C=O) groups is 1.